The Bertz CT molecular complexity index is 1040. The molecule has 0 bridgehead atoms. The summed E-state index contributed by atoms with van der Waals surface area (Å²) in [7, 11) is -2.17. The number of hydrogen-bond acceptors (Lipinski definition) is 7. The topological polar surface area (TPSA) is 117 Å². The normalized spacial score (nSPS) is 18.6. The fourth-order valence-corrected chi connectivity index (χ4v) is 6.17. The van der Waals surface area contributed by atoms with Gasteiger partial charge in [-0.1, -0.05) is 30.3 Å². The molecule has 3 rings (SSSR count). The Balaban J connectivity index is 2.10. The van der Waals surface area contributed by atoms with Crippen molar-refractivity contribution in [1.82, 2.24) is 14.2 Å². The minimum atomic E-state index is -4.10. The molecule has 2 atom stereocenters. The number of piperazine rings is 1. The highest BCUT2D eigenvalue weighted by Crippen LogP contribution is 2.32. The van der Waals surface area contributed by atoms with E-state index >= 15 is 0 Å². The number of rotatable bonds is 8. The number of amides is 2. The first-order valence-electron chi connectivity index (χ1n) is 10.3. The molecule has 9 nitrogen and oxygen atoms in total. The van der Waals surface area contributed by atoms with Crippen molar-refractivity contribution in [1.29, 1.82) is 0 Å². The molecule has 1 aliphatic rings. The quantitative estimate of drug-likeness (QED) is 0.602. The van der Waals surface area contributed by atoms with Crippen LogP contribution in [0.3, 0.4) is 0 Å². The van der Waals surface area contributed by atoms with Gasteiger partial charge in [-0.3, -0.25) is 14.5 Å². The van der Waals surface area contributed by atoms with Crippen LogP contribution in [0.5, 0.6) is 0 Å². The molecule has 2 unspecified atom stereocenters. The van der Waals surface area contributed by atoms with Crippen molar-refractivity contribution in [2.75, 3.05) is 38.1 Å². The second-order valence-corrected chi connectivity index (χ2v) is 11.3. The molecule has 32 heavy (non-hydrogen) atoms. The first kappa shape index (κ1) is 24.3. The molecule has 2 amide bonds. The smallest absolute Gasteiger partial charge is 0.251 e. The summed E-state index contributed by atoms with van der Waals surface area (Å²) in [5.74, 6) is -1.26. The number of carbonyl (C=O) groups excluding carboxylic acids is 2. The summed E-state index contributed by atoms with van der Waals surface area (Å²) in [4.78, 5) is 33.4. The van der Waals surface area contributed by atoms with Crippen LogP contribution in [0.25, 0.3) is 0 Å². The van der Waals surface area contributed by atoms with E-state index in [-0.39, 0.29) is 12.2 Å². The number of anilines is 1. The zero-order chi connectivity index (χ0) is 23.5. The van der Waals surface area contributed by atoms with Crippen molar-refractivity contribution in [3.8, 4) is 0 Å². The van der Waals surface area contributed by atoms with Crippen LogP contribution in [-0.2, 0) is 26.0 Å². The maximum Gasteiger partial charge on any atom is 0.251 e. The molecule has 0 aliphatic carbocycles. The lowest BCUT2D eigenvalue weighted by atomic mass is 9.98. The minimum Gasteiger partial charge on any atom is -0.368 e. The Hall–Kier alpha value is -2.34. The highest BCUT2D eigenvalue weighted by Gasteiger charge is 2.53. The van der Waals surface area contributed by atoms with Gasteiger partial charge in [-0.05, 0) is 26.5 Å². The summed E-state index contributed by atoms with van der Waals surface area (Å²) in [5.41, 5.74) is 7.74. The van der Waals surface area contributed by atoms with Crippen LogP contribution >= 0.6 is 11.3 Å². The number of likely N-dealkylation sites (N-methyl/N-ethyl adjacent to an activating group) is 1. The predicted molar refractivity (Wildman–Crippen MR) is 125 cm³/mol. The number of benzene rings is 1. The van der Waals surface area contributed by atoms with E-state index in [1.54, 1.807) is 29.6 Å². The lowest BCUT2D eigenvalue weighted by Crippen LogP contribution is -2.63. The van der Waals surface area contributed by atoms with Gasteiger partial charge in [0, 0.05) is 38.0 Å². The summed E-state index contributed by atoms with van der Waals surface area (Å²) in [5, 5.41) is 1.60. The number of thiazole rings is 1. The second kappa shape index (κ2) is 9.65. The van der Waals surface area contributed by atoms with Gasteiger partial charge in [0.1, 0.15) is 11.9 Å². The largest absolute Gasteiger partial charge is 0.368 e. The van der Waals surface area contributed by atoms with Gasteiger partial charge in [-0.15, -0.1) is 11.3 Å². The summed E-state index contributed by atoms with van der Waals surface area (Å²) >= 11 is 1.24. The molecular formula is C21H29N5O4S2. The summed E-state index contributed by atoms with van der Waals surface area (Å²) in [6.45, 7) is 4.63. The number of sulfonamides is 1. The van der Waals surface area contributed by atoms with Crippen molar-refractivity contribution < 1.29 is 18.0 Å². The molecule has 2 aromatic rings. The predicted octanol–water partition coefficient (Wildman–Crippen LogP) is 0.929. The third-order valence-corrected chi connectivity index (χ3v) is 8.97. The number of nitrogens with two attached hydrogens (primary N) is 1. The maximum atomic E-state index is 14.0. The third-order valence-electron chi connectivity index (χ3n) is 5.89. The fourth-order valence-electron chi connectivity index (χ4n) is 3.76. The Morgan fingerprint density at radius 1 is 1.22 bits per heavy atom. The summed E-state index contributed by atoms with van der Waals surface area (Å²) < 4.78 is 27.4. The summed E-state index contributed by atoms with van der Waals surface area (Å²) in [6.07, 6.45) is -0.0481. The molecule has 1 aromatic heterocycles. The number of aromatic nitrogens is 1. The van der Waals surface area contributed by atoms with E-state index in [1.807, 2.05) is 18.0 Å². The Morgan fingerprint density at radius 2 is 1.84 bits per heavy atom. The van der Waals surface area contributed by atoms with E-state index in [4.69, 9.17) is 5.73 Å². The zero-order valence-electron chi connectivity index (χ0n) is 18.5. The van der Waals surface area contributed by atoms with E-state index < -0.39 is 32.6 Å². The van der Waals surface area contributed by atoms with Crippen molar-refractivity contribution in [2.24, 2.45) is 5.73 Å². The van der Waals surface area contributed by atoms with Crippen molar-refractivity contribution in [2.45, 2.75) is 31.1 Å². The molecule has 0 saturated carbocycles. The molecule has 1 fully saturated rings. The van der Waals surface area contributed by atoms with Crippen LogP contribution in [-0.4, -0.2) is 78.4 Å². The Labute approximate surface area is 192 Å². The molecule has 174 valence electrons. The molecule has 1 aromatic carbocycles. The van der Waals surface area contributed by atoms with Gasteiger partial charge in [0.2, 0.25) is 15.9 Å². The van der Waals surface area contributed by atoms with Crippen LogP contribution in [0.1, 0.15) is 19.4 Å². The van der Waals surface area contributed by atoms with E-state index in [2.05, 4.69) is 4.98 Å². The molecule has 0 spiro atoms. The number of nitrogens with zero attached hydrogens (tertiary/aromatic N) is 4. The maximum absolute atomic E-state index is 14.0. The number of hydrogen-bond donors (Lipinski definition) is 1. The van der Waals surface area contributed by atoms with E-state index in [0.717, 1.165) is 4.90 Å². The van der Waals surface area contributed by atoms with Gasteiger partial charge >= 0.3 is 0 Å². The average Bonchev–Trinajstić information content (AvgIpc) is 3.29. The number of carbonyl (C=O) groups is 2. The average molecular weight is 480 g/mol. The van der Waals surface area contributed by atoms with Gasteiger partial charge in [0.15, 0.2) is 4.75 Å². The van der Waals surface area contributed by atoms with Gasteiger partial charge in [-0.2, -0.15) is 4.31 Å². The first-order valence-corrected chi connectivity index (χ1v) is 12.7. The van der Waals surface area contributed by atoms with Crippen molar-refractivity contribution >= 4 is 39.0 Å². The van der Waals surface area contributed by atoms with Gasteiger partial charge in [0.25, 0.3) is 5.91 Å². The van der Waals surface area contributed by atoms with Crippen LogP contribution < -0.4 is 10.6 Å². The van der Waals surface area contributed by atoms with Crippen LogP contribution in [0.2, 0.25) is 0 Å². The highest BCUT2D eigenvalue weighted by atomic mass is 32.2. The monoisotopic (exact) mass is 479 g/mol. The van der Waals surface area contributed by atoms with E-state index in [0.29, 0.717) is 31.7 Å². The van der Waals surface area contributed by atoms with E-state index in [1.165, 1.54) is 35.0 Å². The van der Waals surface area contributed by atoms with Crippen molar-refractivity contribution in [3.05, 3.63) is 46.8 Å². The lowest BCUT2D eigenvalue weighted by molar-refractivity contribution is -0.125. The molecular weight excluding hydrogens is 450 g/mol. The molecule has 2 heterocycles. The standard InChI is InChI=1S/C21H29N5O4S2/c1-16(19(22)27)26(18-14-31-15-23-18)20(28)21(2,13-17-7-5-4-6-8-17)32(29,30)25-11-9-24(3)10-12-25/h4-8,14-16H,9-13H2,1-3H3,(H2,22,27). The lowest BCUT2D eigenvalue weighted by Gasteiger charge is -2.40. The fraction of sp³-hybridized carbons (Fsp3) is 0.476. The zero-order valence-corrected chi connectivity index (χ0v) is 20.1. The SMILES string of the molecule is CC(C(N)=O)N(C(=O)C(C)(Cc1ccccc1)S(=O)(=O)N1CCN(C)CC1)c1cscn1. The van der Waals surface area contributed by atoms with Crippen LogP contribution in [0.15, 0.2) is 41.2 Å². The summed E-state index contributed by atoms with van der Waals surface area (Å²) in [6, 6.07) is 7.93. The van der Waals surface area contributed by atoms with E-state index in [9.17, 15) is 18.0 Å². The molecule has 1 aliphatic heterocycles. The third kappa shape index (κ3) is 4.70. The van der Waals surface area contributed by atoms with Crippen molar-refractivity contribution in [3.63, 3.8) is 0 Å². The second-order valence-electron chi connectivity index (χ2n) is 8.20. The molecule has 11 heteroatoms. The van der Waals surface area contributed by atoms with Gasteiger partial charge in [0.05, 0.1) is 5.51 Å². The van der Waals surface area contributed by atoms with Gasteiger partial charge < -0.3 is 10.6 Å². The number of primary amides is 1. The van der Waals surface area contributed by atoms with Gasteiger partial charge in [-0.25, -0.2) is 13.4 Å². The Morgan fingerprint density at radius 3 is 2.38 bits per heavy atom. The Kier molecular flexibility index (Phi) is 7.33. The highest BCUT2D eigenvalue weighted by molar-refractivity contribution is 7.91. The first-order chi connectivity index (χ1) is 15.1. The minimum absolute atomic E-state index is 0.0481. The molecule has 0 radical (unpaired) electrons. The molecule has 1 saturated heterocycles. The van der Waals surface area contributed by atoms with Crippen LogP contribution in [0.4, 0.5) is 5.82 Å². The van der Waals surface area contributed by atoms with Crippen LogP contribution in [0, 0.1) is 0 Å². The molecule has 2 N–H and O–H groups in total.